The van der Waals surface area contributed by atoms with Gasteiger partial charge in [0.15, 0.2) is 0 Å². The van der Waals surface area contributed by atoms with E-state index < -0.39 is 6.09 Å². The lowest BCUT2D eigenvalue weighted by atomic mass is 10.2. The van der Waals surface area contributed by atoms with Crippen LogP contribution in [0.25, 0.3) is 0 Å². The standard InChI is InChI=1S/C12H13NO2/c14-12(15)13(8-4-5-9-13)10-11-6-2-1-3-7-11/h1-7H,8-10H2/p+1. The Labute approximate surface area is 88.9 Å². The van der Waals surface area contributed by atoms with E-state index in [0.717, 1.165) is 5.56 Å². The maximum Gasteiger partial charge on any atom is 0.514 e. The van der Waals surface area contributed by atoms with E-state index in [1.54, 1.807) is 0 Å². The van der Waals surface area contributed by atoms with Crippen LogP contribution in [0, 0.1) is 0 Å². The van der Waals surface area contributed by atoms with Crippen LogP contribution in [0.15, 0.2) is 42.5 Å². The van der Waals surface area contributed by atoms with Gasteiger partial charge in [-0.1, -0.05) is 30.3 Å². The summed E-state index contributed by atoms with van der Waals surface area (Å²) >= 11 is 0. The van der Waals surface area contributed by atoms with E-state index in [0.29, 0.717) is 19.6 Å². The molecule has 15 heavy (non-hydrogen) atoms. The molecule has 78 valence electrons. The fourth-order valence-corrected chi connectivity index (χ4v) is 1.91. The van der Waals surface area contributed by atoms with Gasteiger partial charge in [0, 0.05) is 5.56 Å². The Morgan fingerprint density at radius 2 is 1.80 bits per heavy atom. The van der Waals surface area contributed by atoms with Gasteiger partial charge in [0.25, 0.3) is 0 Å². The van der Waals surface area contributed by atoms with Gasteiger partial charge in [-0.15, -0.1) is 0 Å². The number of benzene rings is 1. The van der Waals surface area contributed by atoms with E-state index in [1.807, 2.05) is 42.5 Å². The Kier molecular flexibility index (Phi) is 2.56. The van der Waals surface area contributed by atoms with Crippen molar-refractivity contribution in [3.05, 3.63) is 48.0 Å². The molecule has 3 nitrogen and oxygen atoms in total. The zero-order valence-electron chi connectivity index (χ0n) is 8.47. The molecule has 2 rings (SSSR count). The van der Waals surface area contributed by atoms with Gasteiger partial charge in [0.1, 0.15) is 19.6 Å². The summed E-state index contributed by atoms with van der Waals surface area (Å²) in [4.78, 5) is 11.3. The first-order valence-corrected chi connectivity index (χ1v) is 5.01. The van der Waals surface area contributed by atoms with Gasteiger partial charge in [0.2, 0.25) is 0 Å². The number of hydrogen-bond donors (Lipinski definition) is 1. The fourth-order valence-electron chi connectivity index (χ4n) is 1.91. The summed E-state index contributed by atoms with van der Waals surface area (Å²) in [6.45, 7) is 1.73. The Balaban J connectivity index is 2.19. The van der Waals surface area contributed by atoms with Crippen molar-refractivity contribution in [2.24, 2.45) is 0 Å². The number of nitrogens with zero attached hydrogens (tertiary/aromatic N) is 1. The van der Waals surface area contributed by atoms with Gasteiger partial charge in [-0.05, 0) is 12.2 Å². The van der Waals surface area contributed by atoms with Gasteiger partial charge >= 0.3 is 6.09 Å². The summed E-state index contributed by atoms with van der Waals surface area (Å²) < 4.78 is 0.101. The summed E-state index contributed by atoms with van der Waals surface area (Å²) in [5, 5.41) is 9.26. The first-order valence-electron chi connectivity index (χ1n) is 5.01. The van der Waals surface area contributed by atoms with E-state index in [1.165, 1.54) is 0 Å². The highest BCUT2D eigenvalue weighted by Crippen LogP contribution is 2.19. The average Bonchev–Trinajstić information content (AvgIpc) is 2.69. The van der Waals surface area contributed by atoms with Crippen LogP contribution in [0.2, 0.25) is 0 Å². The second-order valence-electron chi connectivity index (χ2n) is 3.91. The minimum Gasteiger partial charge on any atom is -0.435 e. The van der Waals surface area contributed by atoms with Crippen LogP contribution in [0.1, 0.15) is 5.56 Å². The predicted molar refractivity (Wildman–Crippen MR) is 57.3 cm³/mol. The van der Waals surface area contributed by atoms with Crippen LogP contribution in [0.3, 0.4) is 0 Å². The molecule has 0 spiro atoms. The third kappa shape index (κ3) is 1.92. The van der Waals surface area contributed by atoms with Crippen LogP contribution >= 0.6 is 0 Å². The molecule has 1 aliphatic rings. The second-order valence-corrected chi connectivity index (χ2v) is 3.91. The number of carboxylic acid groups (broad SMARTS) is 1. The minimum atomic E-state index is -0.746. The topological polar surface area (TPSA) is 37.3 Å². The van der Waals surface area contributed by atoms with Crippen molar-refractivity contribution in [3.8, 4) is 0 Å². The van der Waals surface area contributed by atoms with Crippen molar-refractivity contribution < 1.29 is 14.4 Å². The molecule has 0 saturated carbocycles. The molecule has 1 heterocycles. The molecule has 0 fully saturated rings. The number of quaternary nitrogens is 1. The zero-order chi connectivity index (χ0) is 10.7. The Morgan fingerprint density at radius 3 is 2.33 bits per heavy atom. The molecule has 1 aromatic rings. The highest BCUT2D eigenvalue weighted by Gasteiger charge is 2.37. The summed E-state index contributed by atoms with van der Waals surface area (Å²) in [6, 6.07) is 9.77. The third-order valence-electron chi connectivity index (χ3n) is 2.81. The minimum absolute atomic E-state index is 0.101. The van der Waals surface area contributed by atoms with Gasteiger partial charge in [-0.25, -0.2) is 4.48 Å². The van der Waals surface area contributed by atoms with Gasteiger partial charge < -0.3 is 5.11 Å². The van der Waals surface area contributed by atoms with E-state index in [9.17, 15) is 9.90 Å². The van der Waals surface area contributed by atoms with Crippen LogP contribution < -0.4 is 0 Å². The molecule has 0 bridgehead atoms. The van der Waals surface area contributed by atoms with Crippen LogP contribution in [-0.4, -0.2) is 28.8 Å². The smallest absolute Gasteiger partial charge is 0.435 e. The maximum atomic E-state index is 11.3. The quantitative estimate of drug-likeness (QED) is 0.592. The van der Waals surface area contributed by atoms with E-state index in [4.69, 9.17) is 0 Å². The van der Waals surface area contributed by atoms with E-state index >= 15 is 0 Å². The number of hydrogen-bond acceptors (Lipinski definition) is 1. The van der Waals surface area contributed by atoms with Crippen molar-refractivity contribution in [2.45, 2.75) is 6.54 Å². The lowest BCUT2D eigenvalue weighted by Crippen LogP contribution is -2.49. The van der Waals surface area contributed by atoms with E-state index in [-0.39, 0.29) is 4.48 Å². The third-order valence-corrected chi connectivity index (χ3v) is 2.81. The molecule has 0 saturated heterocycles. The molecule has 0 unspecified atom stereocenters. The maximum absolute atomic E-state index is 11.3. The monoisotopic (exact) mass is 204 g/mol. The molecule has 1 aliphatic heterocycles. The Morgan fingerprint density at radius 1 is 1.20 bits per heavy atom. The van der Waals surface area contributed by atoms with Gasteiger partial charge in [0.05, 0.1) is 0 Å². The molecule has 1 aromatic carbocycles. The average molecular weight is 204 g/mol. The van der Waals surface area contributed by atoms with Gasteiger partial charge in [-0.2, -0.15) is 4.79 Å². The van der Waals surface area contributed by atoms with Crippen molar-refractivity contribution in [1.29, 1.82) is 0 Å². The van der Waals surface area contributed by atoms with Crippen molar-refractivity contribution in [3.63, 3.8) is 0 Å². The lowest BCUT2D eigenvalue weighted by Gasteiger charge is -2.27. The molecule has 1 amide bonds. The zero-order valence-corrected chi connectivity index (χ0v) is 8.47. The molecule has 0 aliphatic carbocycles. The summed E-state index contributed by atoms with van der Waals surface area (Å²) in [6.07, 6.45) is 3.14. The molecular formula is C12H14NO2+. The lowest BCUT2D eigenvalue weighted by molar-refractivity contribution is -0.854. The molecule has 0 radical (unpaired) electrons. The predicted octanol–water partition coefficient (Wildman–Crippen LogP) is 2.25. The normalized spacial score (nSPS) is 17.9. The van der Waals surface area contributed by atoms with Crippen molar-refractivity contribution in [1.82, 2.24) is 0 Å². The number of amides is 1. The highest BCUT2D eigenvalue weighted by atomic mass is 16.4. The summed E-state index contributed by atoms with van der Waals surface area (Å²) in [7, 11) is 0. The first kappa shape index (κ1) is 9.93. The van der Waals surface area contributed by atoms with Crippen LogP contribution in [0.5, 0.6) is 0 Å². The number of carbonyl (C=O) groups is 1. The van der Waals surface area contributed by atoms with Crippen LogP contribution in [-0.2, 0) is 6.54 Å². The van der Waals surface area contributed by atoms with Gasteiger partial charge in [-0.3, -0.25) is 0 Å². The highest BCUT2D eigenvalue weighted by molar-refractivity contribution is 5.57. The molecule has 3 heteroatoms. The van der Waals surface area contributed by atoms with Crippen molar-refractivity contribution >= 4 is 6.09 Å². The largest absolute Gasteiger partial charge is 0.514 e. The van der Waals surface area contributed by atoms with Crippen LogP contribution in [0.4, 0.5) is 4.79 Å². The Hall–Kier alpha value is -1.61. The molecule has 1 N–H and O–H groups in total. The van der Waals surface area contributed by atoms with Crippen molar-refractivity contribution in [2.75, 3.05) is 13.1 Å². The Bertz CT molecular complexity index is 376. The summed E-state index contributed by atoms with van der Waals surface area (Å²) in [5.74, 6) is 0. The molecule has 0 aromatic heterocycles. The van der Waals surface area contributed by atoms with E-state index in [2.05, 4.69) is 0 Å². The first-order chi connectivity index (χ1) is 7.23. The summed E-state index contributed by atoms with van der Waals surface area (Å²) in [5.41, 5.74) is 1.07. The molecule has 0 atom stereocenters. The number of rotatable bonds is 2. The second kappa shape index (κ2) is 3.87. The molecular weight excluding hydrogens is 190 g/mol. The SMILES string of the molecule is O=C(O)[N+]1(Cc2ccccc2)CC=CC1. The fraction of sp³-hybridized carbons (Fsp3) is 0.250.